The average Bonchev–Trinajstić information content (AvgIpc) is 3.05. The summed E-state index contributed by atoms with van der Waals surface area (Å²) in [6, 6.07) is 14.2. The van der Waals surface area contributed by atoms with Crippen LogP contribution in [0.15, 0.2) is 54.7 Å². The highest BCUT2D eigenvalue weighted by molar-refractivity contribution is 6.29. The first kappa shape index (κ1) is 16.3. The van der Waals surface area contributed by atoms with E-state index in [1.807, 2.05) is 37.3 Å². The summed E-state index contributed by atoms with van der Waals surface area (Å²) in [7, 11) is 0. The van der Waals surface area contributed by atoms with Gasteiger partial charge in [0.1, 0.15) is 10.9 Å². The van der Waals surface area contributed by atoms with E-state index in [-0.39, 0.29) is 11.7 Å². The van der Waals surface area contributed by atoms with Gasteiger partial charge in [0.05, 0.1) is 0 Å². The molecule has 1 aromatic carbocycles. The Bertz CT molecular complexity index is 1060. The molecule has 3 heterocycles. The van der Waals surface area contributed by atoms with Gasteiger partial charge < -0.3 is 10.4 Å². The fraction of sp³-hybridized carbons (Fsp3) is 0.111. The number of rotatable bonds is 4. The summed E-state index contributed by atoms with van der Waals surface area (Å²) in [6.45, 7) is 2.02. The molecule has 26 heavy (non-hydrogen) atoms. The lowest BCUT2D eigenvalue weighted by Gasteiger charge is -2.11. The first-order valence-corrected chi connectivity index (χ1v) is 8.38. The number of aromatic hydroxyl groups is 1. The number of phenols is 1. The summed E-state index contributed by atoms with van der Waals surface area (Å²) in [5, 5.41) is 26.1. The van der Waals surface area contributed by atoms with Crippen molar-refractivity contribution in [3.05, 3.63) is 71.3 Å². The van der Waals surface area contributed by atoms with E-state index in [1.165, 1.54) is 0 Å². The van der Waals surface area contributed by atoms with E-state index in [4.69, 9.17) is 11.6 Å². The van der Waals surface area contributed by atoms with Crippen molar-refractivity contribution in [3.8, 4) is 5.75 Å². The minimum Gasteiger partial charge on any atom is -0.508 e. The number of phenolic OH excluding ortho intramolecular Hbond substituents is 1. The highest BCUT2D eigenvalue weighted by Crippen LogP contribution is 2.25. The molecular formula is C18H15ClN6O. The topological polar surface area (TPSA) is 88.2 Å². The van der Waals surface area contributed by atoms with Gasteiger partial charge in [-0.3, -0.25) is 0 Å². The summed E-state index contributed by atoms with van der Waals surface area (Å²) in [5.41, 5.74) is 2.46. The molecule has 0 spiro atoms. The van der Waals surface area contributed by atoms with Crippen molar-refractivity contribution in [2.45, 2.75) is 12.8 Å². The van der Waals surface area contributed by atoms with Crippen LogP contribution in [-0.4, -0.2) is 29.9 Å². The van der Waals surface area contributed by atoms with E-state index in [1.54, 1.807) is 28.9 Å². The van der Waals surface area contributed by atoms with Gasteiger partial charge in [0, 0.05) is 17.8 Å². The normalized spacial score (nSPS) is 12.2. The number of anilines is 2. The number of benzene rings is 1. The van der Waals surface area contributed by atoms with Gasteiger partial charge in [0.2, 0.25) is 0 Å². The zero-order chi connectivity index (χ0) is 18.1. The van der Waals surface area contributed by atoms with Crippen LogP contribution in [0, 0.1) is 0 Å². The third-order valence-electron chi connectivity index (χ3n) is 4.07. The van der Waals surface area contributed by atoms with E-state index in [2.05, 4.69) is 25.6 Å². The second kappa shape index (κ2) is 6.61. The van der Waals surface area contributed by atoms with Crippen LogP contribution >= 0.6 is 11.6 Å². The molecule has 0 amide bonds. The van der Waals surface area contributed by atoms with Crippen molar-refractivity contribution < 1.29 is 5.11 Å². The molecule has 0 fully saturated rings. The number of pyridine rings is 1. The molecule has 7 nitrogen and oxygen atoms in total. The maximum Gasteiger partial charge on any atom is 0.178 e. The van der Waals surface area contributed by atoms with Crippen LogP contribution in [0.25, 0.3) is 5.65 Å². The quantitative estimate of drug-likeness (QED) is 0.534. The van der Waals surface area contributed by atoms with Crippen molar-refractivity contribution >= 4 is 28.8 Å². The van der Waals surface area contributed by atoms with Crippen LogP contribution < -0.4 is 5.32 Å². The van der Waals surface area contributed by atoms with Crippen molar-refractivity contribution in [1.82, 2.24) is 24.8 Å². The lowest BCUT2D eigenvalue weighted by atomic mass is 10.0. The van der Waals surface area contributed by atoms with Gasteiger partial charge in [-0.15, -0.1) is 15.3 Å². The second-order valence-electron chi connectivity index (χ2n) is 5.85. The standard InChI is InChI=1S/C18H15ClN6O/c1-11(12-2-4-14(26)5-3-12)18-23-22-17-7-6-16(24-25(17)18)21-13-8-9-20-15(19)10-13/h2-11,26H,1H3,(H,20,21,24)/t11-/m0/s1. The first-order chi connectivity index (χ1) is 12.6. The molecule has 1 atom stereocenters. The molecular weight excluding hydrogens is 352 g/mol. The second-order valence-corrected chi connectivity index (χ2v) is 6.24. The number of fused-ring (bicyclic) bond motifs is 1. The molecule has 0 aliphatic carbocycles. The summed E-state index contributed by atoms with van der Waals surface area (Å²) in [5.74, 6) is 1.54. The van der Waals surface area contributed by atoms with Crippen molar-refractivity contribution in [2.24, 2.45) is 0 Å². The Balaban J connectivity index is 1.69. The minimum absolute atomic E-state index is 0.0382. The number of aromatic nitrogens is 5. The van der Waals surface area contributed by atoms with Crippen molar-refractivity contribution in [1.29, 1.82) is 0 Å². The largest absolute Gasteiger partial charge is 0.508 e. The van der Waals surface area contributed by atoms with Crippen LogP contribution in [-0.2, 0) is 0 Å². The molecule has 2 N–H and O–H groups in total. The molecule has 8 heteroatoms. The number of nitrogens with one attached hydrogen (secondary N) is 1. The van der Waals surface area contributed by atoms with Gasteiger partial charge in [-0.05, 0) is 42.0 Å². The Kier molecular flexibility index (Phi) is 4.14. The fourth-order valence-electron chi connectivity index (χ4n) is 2.68. The molecule has 0 bridgehead atoms. The predicted molar refractivity (Wildman–Crippen MR) is 98.9 cm³/mol. The summed E-state index contributed by atoms with van der Waals surface area (Å²) in [4.78, 5) is 3.96. The third-order valence-corrected chi connectivity index (χ3v) is 4.27. The number of nitrogens with zero attached hydrogens (tertiary/aromatic N) is 5. The number of hydrogen-bond acceptors (Lipinski definition) is 6. The van der Waals surface area contributed by atoms with E-state index in [9.17, 15) is 5.11 Å². The summed E-state index contributed by atoms with van der Waals surface area (Å²) < 4.78 is 1.71. The maximum atomic E-state index is 9.47. The Hall–Kier alpha value is -3.19. The molecule has 0 unspecified atom stereocenters. The molecule has 0 aliphatic heterocycles. The Morgan fingerprint density at radius 1 is 1.08 bits per heavy atom. The Morgan fingerprint density at radius 3 is 2.65 bits per heavy atom. The summed E-state index contributed by atoms with van der Waals surface area (Å²) in [6.07, 6.45) is 1.63. The molecule has 0 saturated carbocycles. The van der Waals surface area contributed by atoms with Crippen LogP contribution in [0.5, 0.6) is 5.75 Å². The van der Waals surface area contributed by atoms with Gasteiger partial charge in [-0.2, -0.15) is 4.52 Å². The Labute approximate surface area is 154 Å². The van der Waals surface area contributed by atoms with Crippen molar-refractivity contribution in [3.63, 3.8) is 0 Å². The van der Waals surface area contributed by atoms with E-state index >= 15 is 0 Å². The fourth-order valence-corrected chi connectivity index (χ4v) is 2.86. The zero-order valence-corrected chi connectivity index (χ0v) is 14.6. The van der Waals surface area contributed by atoms with Gasteiger partial charge in [0.15, 0.2) is 17.3 Å². The average molecular weight is 367 g/mol. The van der Waals surface area contributed by atoms with Gasteiger partial charge >= 0.3 is 0 Å². The van der Waals surface area contributed by atoms with Gasteiger partial charge in [0.25, 0.3) is 0 Å². The van der Waals surface area contributed by atoms with Crippen LogP contribution in [0.1, 0.15) is 24.2 Å². The minimum atomic E-state index is -0.0382. The van der Waals surface area contributed by atoms with E-state index in [0.717, 1.165) is 11.3 Å². The van der Waals surface area contributed by atoms with E-state index < -0.39 is 0 Å². The SMILES string of the molecule is C[C@@H](c1ccc(O)cc1)c1nnc2ccc(Nc3ccnc(Cl)c3)nn12. The zero-order valence-electron chi connectivity index (χ0n) is 13.8. The predicted octanol–water partition coefficient (Wildman–Crippen LogP) is 3.77. The third kappa shape index (κ3) is 3.16. The molecule has 0 saturated heterocycles. The molecule has 4 rings (SSSR count). The highest BCUT2D eigenvalue weighted by Gasteiger charge is 2.17. The van der Waals surface area contributed by atoms with Crippen LogP contribution in [0.2, 0.25) is 5.15 Å². The van der Waals surface area contributed by atoms with Gasteiger partial charge in [-0.1, -0.05) is 30.7 Å². The summed E-state index contributed by atoms with van der Waals surface area (Å²) >= 11 is 5.92. The van der Waals surface area contributed by atoms with E-state index in [0.29, 0.717) is 22.4 Å². The lowest BCUT2D eigenvalue weighted by molar-refractivity contribution is 0.475. The molecule has 0 aliphatic rings. The maximum absolute atomic E-state index is 9.47. The molecule has 130 valence electrons. The Morgan fingerprint density at radius 2 is 1.88 bits per heavy atom. The molecule has 0 radical (unpaired) electrons. The van der Waals surface area contributed by atoms with Crippen molar-refractivity contribution in [2.75, 3.05) is 5.32 Å². The lowest BCUT2D eigenvalue weighted by Crippen LogP contribution is -2.06. The van der Waals surface area contributed by atoms with Crippen LogP contribution in [0.3, 0.4) is 0 Å². The highest BCUT2D eigenvalue weighted by atomic mass is 35.5. The smallest absolute Gasteiger partial charge is 0.178 e. The molecule has 3 aromatic heterocycles. The monoisotopic (exact) mass is 366 g/mol. The van der Waals surface area contributed by atoms with Gasteiger partial charge in [-0.25, -0.2) is 4.98 Å². The number of halogens is 1. The van der Waals surface area contributed by atoms with Crippen LogP contribution in [0.4, 0.5) is 11.5 Å². The molecule has 4 aromatic rings. The first-order valence-electron chi connectivity index (χ1n) is 8.00. The number of hydrogen-bond donors (Lipinski definition) is 2.